The number of nitrogens with two attached hydrogens (primary N) is 1. The van der Waals surface area contributed by atoms with Crippen molar-refractivity contribution in [2.24, 2.45) is 5.84 Å². The van der Waals surface area contributed by atoms with E-state index in [0.29, 0.717) is 32.4 Å². The number of anilines is 1. The van der Waals surface area contributed by atoms with Crippen LogP contribution in [0, 0.1) is 6.92 Å². The predicted molar refractivity (Wildman–Crippen MR) is 76.1 cm³/mol. The van der Waals surface area contributed by atoms with Gasteiger partial charge in [0.25, 0.3) is 0 Å². The summed E-state index contributed by atoms with van der Waals surface area (Å²) in [6, 6.07) is 4.65. The second kappa shape index (κ2) is 5.79. The molecule has 0 spiro atoms. The first-order chi connectivity index (χ1) is 8.99. The van der Waals surface area contributed by atoms with Gasteiger partial charge < -0.3 is 4.74 Å². The van der Waals surface area contributed by atoms with Crippen molar-refractivity contribution in [3.63, 3.8) is 0 Å². The van der Waals surface area contributed by atoms with Crippen LogP contribution in [-0.2, 0) is 0 Å². The number of hydrogen-bond donors (Lipinski definition) is 2. The van der Waals surface area contributed by atoms with Crippen molar-refractivity contribution >= 4 is 40.8 Å². The van der Waals surface area contributed by atoms with Gasteiger partial charge in [-0.3, -0.25) is 5.43 Å². The van der Waals surface area contributed by atoms with Gasteiger partial charge in [0.2, 0.25) is 11.8 Å². The van der Waals surface area contributed by atoms with Gasteiger partial charge in [-0.1, -0.05) is 34.8 Å². The lowest BCUT2D eigenvalue weighted by atomic mass is 10.3. The van der Waals surface area contributed by atoms with Gasteiger partial charge in [-0.15, -0.1) is 0 Å². The van der Waals surface area contributed by atoms with E-state index in [1.54, 1.807) is 13.0 Å². The molecule has 19 heavy (non-hydrogen) atoms. The van der Waals surface area contributed by atoms with Crippen LogP contribution < -0.4 is 16.0 Å². The van der Waals surface area contributed by atoms with E-state index >= 15 is 0 Å². The fourth-order valence-corrected chi connectivity index (χ4v) is 1.93. The number of halogens is 3. The Morgan fingerprint density at radius 2 is 1.74 bits per heavy atom. The lowest BCUT2D eigenvalue weighted by Gasteiger charge is -2.09. The molecular formula is C11H9Cl3N4O. The van der Waals surface area contributed by atoms with E-state index in [-0.39, 0.29) is 5.95 Å². The van der Waals surface area contributed by atoms with Gasteiger partial charge >= 0.3 is 0 Å². The van der Waals surface area contributed by atoms with Crippen LogP contribution >= 0.6 is 34.8 Å². The summed E-state index contributed by atoms with van der Waals surface area (Å²) >= 11 is 17.8. The number of hydrazine groups is 1. The lowest BCUT2D eigenvalue weighted by Crippen LogP contribution is -2.11. The van der Waals surface area contributed by atoms with E-state index in [2.05, 4.69) is 15.4 Å². The number of rotatable bonds is 3. The molecule has 0 radical (unpaired) electrons. The molecule has 0 bridgehead atoms. The molecule has 3 N–H and O–H groups in total. The first kappa shape index (κ1) is 14.1. The molecule has 8 heteroatoms. The number of nitrogens with zero attached hydrogens (tertiary/aromatic N) is 2. The average Bonchev–Trinajstić information content (AvgIpc) is 2.35. The third kappa shape index (κ3) is 3.39. The molecule has 2 aromatic rings. The van der Waals surface area contributed by atoms with Crippen LogP contribution in [0.1, 0.15) is 5.69 Å². The van der Waals surface area contributed by atoms with Crippen molar-refractivity contribution in [3.05, 3.63) is 39.0 Å². The van der Waals surface area contributed by atoms with E-state index < -0.39 is 0 Å². The highest BCUT2D eigenvalue weighted by Gasteiger charge is 2.10. The monoisotopic (exact) mass is 318 g/mol. The number of ether oxygens (including phenoxy) is 1. The molecule has 0 saturated carbocycles. The van der Waals surface area contributed by atoms with Gasteiger partial charge in [-0.05, 0) is 13.0 Å². The maximum atomic E-state index is 6.01. The summed E-state index contributed by atoms with van der Waals surface area (Å²) in [6.07, 6.45) is 0. The van der Waals surface area contributed by atoms with Gasteiger partial charge in [-0.25, -0.2) is 10.8 Å². The Morgan fingerprint density at radius 1 is 1.05 bits per heavy atom. The zero-order valence-corrected chi connectivity index (χ0v) is 12.0. The zero-order valence-electron chi connectivity index (χ0n) is 9.75. The van der Waals surface area contributed by atoms with Crippen molar-refractivity contribution < 1.29 is 4.74 Å². The minimum absolute atomic E-state index is 0.242. The molecule has 5 nitrogen and oxygen atoms in total. The quantitative estimate of drug-likeness (QED) is 0.511. The van der Waals surface area contributed by atoms with Crippen molar-refractivity contribution in [1.82, 2.24) is 9.97 Å². The highest BCUT2D eigenvalue weighted by Crippen LogP contribution is 2.36. The first-order valence-corrected chi connectivity index (χ1v) is 6.27. The van der Waals surface area contributed by atoms with Gasteiger partial charge in [0.05, 0.1) is 15.1 Å². The number of nitrogen functional groups attached to an aromatic ring is 1. The van der Waals surface area contributed by atoms with E-state index in [4.69, 9.17) is 45.4 Å². The lowest BCUT2D eigenvalue weighted by molar-refractivity contribution is 0.462. The number of nitrogens with one attached hydrogen (secondary N) is 1. The Balaban J connectivity index is 2.36. The predicted octanol–water partition coefficient (Wildman–Crippen LogP) is 3.82. The van der Waals surface area contributed by atoms with Crippen LogP contribution in [0.2, 0.25) is 15.1 Å². The highest BCUT2D eigenvalue weighted by atomic mass is 35.5. The summed E-state index contributed by atoms with van der Waals surface area (Å²) in [5, 5.41) is 1.01. The molecule has 0 aliphatic carbocycles. The van der Waals surface area contributed by atoms with Crippen molar-refractivity contribution in [2.75, 3.05) is 5.43 Å². The molecule has 0 amide bonds. The first-order valence-electron chi connectivity index (χ1n) is 5.14. The molecule has 0 fully saturated rings. The molecule has 0 aliphatic rings. The molecule has 100 valence electrons. The molecular weight excluding hydrogens is 311 g/mol. The smallest absolute Gasteiger partial charge is 0.240 e. The summed E-state index contributed by atoms with van der Waals surface area (Å²) in [4.78, 5) is 8.08. The standard InChI is InChI=1S/C11H9Cl3N4O/c1-5-2-10(17-11(16-5)18-15)19-9-4-7(13)6(12)3-8(9)14/h2-4H,15H2,1H3,(H,16,17,18). The van der Waals surface area contributed by atoms with E-state index in [0.717, 1.165) is 0 Å². The minimum Gasteiger partial charge on any atom is -0.437 e. The molecule has 0 saturated heterocycles. The normalized spacial score (nSPS) is 10.4. The summed E-state index contributed by atoms with van der Waals surface area (Å²) in [6.45, 7) is 1.78. The van der Waals surface area contributed by atoms with Crippen LogP contribution in [0.3, 0.4) is 0 Å². The Labute approximate surface area is 124 Å². The van der Waals surface area contributed by atoms with Crippen LogP contribution in [0.15, 0.2) is 18.2 Å². The van der Waals surface area contributed by atoms with E-state index in [1.165, 1.54) is 12.1 Å². The van der Waals surface area contributed by atoms with Gasteiger partial charge in [0, 0.05) is 17.8 Å². The summed E-state index contributed by atoms with van der Waals surface area (Å²) in [5.74, 6) is 6.14. The number of hydrogen-bond acceptors (Lipinski definition) is 5. The van der Waals surface area contributed by atoms with Crippen molar-refractivity contribution in [3.8, 4) is 11.6 Å². The summed E-state index contributed by atoms with van der Waals surface area (Å²) < 4.78 is 5.55. The minimum atomic E-state index is 0.242. The third-order valence-corrected chi connectivity index (χ3v) is 3.17. The molecule has 1 aromatic heterocycles. The maximum absolute atomic E-state index is 6.01. The SMILES string of the molecule is Cc1cc(Oc2cc(Cl)c(Cl)cc2Cl)nc(NN)n1. The molecule has 1 aromatic carbocycles. The van der Waals surface area contributed by atoms with Crippen LogP contribution in [0.25, 0.3) is 0 Å². The van der Waals surface area contributed by atoms with Crippen LogP contribution in [0.4, 0.5) is 5.95 Å². The van der Waals surface area contributed by atoms with Crippen LogP contribution in [0.5, 0.6) is 11.6 Å². The molecule has 2 rings (SSSR count). The fourth-order valence-electron chi connectivity index (χ4n) is 1.35. The molecule has 1 heterocycles. The number of benzene rings is 1. The Kier molecular flexibility index (Phi) is 4.31. The van der Waals surface area contributed by atoms with Gasteiger partial charge in [0.15, 0.2) is 0 Å². The Morgan fingerprint density at radius 3 is 2.42 bits per heavy atom. The highest BCUT2D eigenvalue weighted by molar-refractivity contribution is 6.43. The van der Waals surface area contributed by atoms with Crippen molar-refractivity contribution in [2.45, 2.75) is 6.92 Å². The third-order valence-electron chi connectivity index (χ3n) is 2.15. The second-order valence-corrected chi connectivity index (χ2v) is 4.84. The van der Waals surface area contributed by atoms with Crippen LogP contribution in [-0.4, -0.2) is 9.97 Å². The number of aromatic nitrogens is 2. The van der Waals surface area contributed by atoms with Gasteiger partial charge in [0.1, 0.15) is 5.75 Å². The van der Waals surface area contributed by atoms with E-state index in [9.17, 15) is 0 Å². The topological polar surface area (TPSA) is 73.1 Å². The Bertz CT molecular complexity index is 621. The average molecular weight is 320 g/mol. The molecule has 0 unspecified atom stereocenters. The summed E-state index contributed by atoms with van der Waals surface area (Å²) in [5.41, 5.74) is 3.04. The second-order valence-electron chi connectivity index (χ2n) is 3.61. The molecule has 0 aliphatic heterocycles. The van der Waals surface area contributed by atoms with E-state index in [1.807, 2.05) is 0 Å². The largest absolute Gasteiger partial charge is 0.437 e. The van der Waals surface area contributed by atoms with Crippen molar-refractivity contribution in [1.29, 1.82) is 0 Å². The summed E-state index contributed by atoms with van der Waals surface area (Å²) in [7, 11) is 0. The zero-order chi connectivity index (χ0) is 14.0. The maximum Gasteiger partial charge on any atom is 0.240 e. The number of aryl methyl sites for hydroxylation is 1. The fraction of sp³-hybridized carbons (Fsp3) is 0.0909. The van der Waals surface area contributed by atoms with Gasteiger partial charge in [-0.2, -0.15) is 4.98 Å². The molecule has 0 atom stereocenters. The Hall–Kier alpha value is -1.27.